The van der Waals surface area contributed by atoms with Gasteiger partial charge in [-0.15, -0.1) is 0 Å². The van der Waals surface area contributed by atoms with Gasteiger partial charge in [-0.25, -0.2) is 8.42 Å². The summed E-state index contributed by atoms with van der Waals surface area (Å²) in [6.07, 6.45) is -1.45. The molecule has 2 aromatic rings. The Morgan fingerprint density at radius 1 is 1.11 bits per heavy atom. The summed E-state index contributed by atoms with van der Waals surface area (Å²) in [5, 5.41) is 9.90. The molecule has 0 aliphatic carbocycles. The maximum Gasteiger partial charge on any atom is 0.416 e. The Bertz CT molecular complexity index is 1150. The lowest BCUT2D eigenvalue weighted by Crippen LogP contribution is -2.43. The lowest BCUT2D eigenvalue weighted by molar-refractivity contribution is -0.137. The molecule has 2 aliphatic heterocycles. The first kappa shape index (κ1) is 25.8. The van der Waals surface area contributed by atoms with E-state index in [1.807, 2.05) is 6.92 Å². The molecule has 192 valence electrons. The van der Waals surface area contributed by atoms with Crippen molar-refractivity contribution in [3.05, 3.63) is 53.1 Å². The average Bonchev–Trinajstić information content (AvgIpc) is 2.86. The Hall–Kier alpha value is -2.30. The molecule has 0 spiro atoms. The van der Waals surface area contributed by atoms with Gasteiger partial charge >= 0.3 is 6.18 Å². The van der Waals surface area contributed by atoms with Crippen molar-refractivity contribution in [2.45, 2.75) is 62.7 Å². The molecule has 0 radical (unpaired) electrons. The lowest BCUT2D eigenvalue weighted by Gasteiger charge is -2.38. The molecular weight excluding hydrogens is 483 g/mol. The SMILES string of the molecule is CCC1CCc2cc(C(F)(F)F)ccc2N1S(=O)(=O)c1ccc(OCC2CCOCC2)c(CO)c1. The molecule has 2 aliphatic rings. The smallest absolute Gasteiger partial charge is 0.416 e. The van der Waals surface area contributed by atoms with Gasteiger partial charge in [-0.05, 0) is 80.0 Å². The zero-order valence-electron chi connectivity index (χ0n) is 19.6. The van der Waals surface area contributed by atoms with E-state index in [0.29, 0.717) is 61.9 Å². The van der Waals surface area contributed by atoms with Crippen LogP contribution in [0.25, 0.3) is 0 Å². The maximum atomic E-state index is 13.8. The highest BCUT2D eigenvalue weighted by Crippen LogP contribution is 2.40. The summed E-state index contributed by atoms with van der Waals surface area (Å²) in [6, 6.07) is 7.18. The van der Waals surface area contributed by atoms with Gasteiger partial charge in [0.1, 0.15) is 5.75 Å². The van der Waals surface area contributed by atoms with Crippen molar-refractivity contribution in [2.75, 3.05) is 24.1 Å². The van der Waals surface area contributed by atoms with E-state index in [1.165, 1.54) is 28.6 Å². The van der Waals surface area contributed by atoms with Gasteiger partial charge in [0.2, 0.25) is 0 Å². The van der Waals surface area contributed by atoms with Crippen LogP contribution >= 0.6 is 0 Å². The number of alkyl halides is 3. The van der Waals surface area contributed by atoms with Crippen LogP contribution < -0.4 is 9.04 Å². The van der Waals surface area contributed by atoms with Crippen molar-refractivity contribution in [2.24, 2.45) is 5.92 Å². The van der Waals surface area contributed by atoms with E-state index in [9.17, 15) is 26.7 Å². The number of rotatable bonds is 7. The fourth-order valence-electron chi connectivity index (χ4n) is 4.72. The molecule has 1 fully saturated rings. The molecule has 4 rings (SSSR count). The molecule has 0 aromatic heterocycles. The first-order valence-corrected chi connectivity index (χ1v) is 13.3. The molecule has 0 saturated carbocycles. The van der Waals surface area contributed by atoms with Crippen molar-refractivity contribution in [1.29, 1.82) is 0 Å². The normalized spacial score (nSPS) is 19.5. The predicted octanol–water partition coefficient (Wildman–Crippen LogP) is 4.92. The molecule has 10 heteroatoms. The number of ether oxygens (including phenoxy) is 2. The third-order valence-electron chi connectivity index (χ3n) is 6.77. The van der Waals surface area contributed by atoms with E-state index >= 15 is 0 Å². The number of halogens is 3. The van der Waals surface area contributed by atoms with Crippen LogP contribution in [-0.4, -0.2) is 39.4 Å². The van der Waals surface area contributed by atoms with Crippen LogP contribution in [0.1, 0.15) is 49.3 Å². The minimum atomic E-state index is -4.50. The van der Waals surface area contributed by atoms with E-state index in [4.69, 9.17) is 9.47 Å². The summed E-state index contributed by atoms with van der Waals surface area (Å²) >= 11 is 0. The standard InChI is InChI=1S/C25H30F3NO5S/c1-2-21-5-3-18-13-20(25(26,27)28)4-7-23(18)29(21)35(31,32)22-6-8-24(19(14-22)15-30)34-16-17-9-11-33-12-10-17/h4,6-8,13-14,17,21,30H,2-3,5,9-12,15-16H2,1H3. The highest BCUT2D eigenvalue weighted by molar-refractivity contribution is 7.92. The summed E-state index contributed by atoms with van der Waals surface area (Å²) in [5.41, 5.74) is 0.168. The molecular formula is C25H30F3NO5S. The summed E-state index contributed by atoms with van der Waals surface area (Å²) in [6.45, 7) is 3.25. The van der Waals surface area contributed by atoms with Gasteiger partial charge in [-0.3, -0.25) is 4.31 Å². The summed E-state index contributed by atoms with van der Waals surface area (Å²) in [5.74, 6) is 0.745. The van der Waals surface area contributed by atoms with Gasteiger partial charge in [0, 0.05) is 24.8 Å². The van der Waals surface area contributed by atoms with E-state index in [2.05, 4.69) is 0 Å². The van der Waals surface area contributed by atoms with Crippen molar-refractivity contribution in [1.82, 2.24) is 0 Å². The Morgan fingerprint density at radius 3 is 2.51 bits per heavy atom. The maximum absolute atomic E-state index is 13.8. The second kappa shape index (κ2) is 10.4. The van der Waals surface area contributed by atoms with E-state index in [0.717, 1.165) is 25.0 Å². The molecule has 1 N–H and O–H groups in total. The van der Waals surface area contributed by atoms with Crippen molar-refractivity contribution < 1.29 is 36.2 Å². The molecule has 2 heterocycles. The van der Waals surface area contributed by atoms with Gasteiger partial charge in [0.05, 0.1) is 29.4 Å². The molecule has 1 atom stereocenters. The molecule has 1 unspecified atom stereocenters. The molecule has 35 heavy (non-hydrogen) atoms. The van der Waals surface area contributed by atoms with Gasteiger partial charge in [0.25, 0.3) is 10.0 Å². The third kappa shape index (κ3) is 5.44. The quantitative estimate of drug-likeness (QED) is 0.569. The minimum absolute atomic E-state index is 0.0360. The zero-order chi connectivity index (χ0) is 25.2. The monoisotopic (exact) mass is 513 g/mol. The number of aliphatic hydroxyl groups excluding tert-OH is 1. The fraction of sp³-hybridized carbons (Fsp3) is 0.520. The van der Waals surface area contributed by atoms with Crippen molar-refractivity contribution >= 4 is 15.7 Å². The highest BCUT2D eigenvalue weighted by Gasteiger charge is 2.38. The number of anilines is 1. The number of aryl methyl sites for hydroxylation is 1. The van der Waals surface area contributed by atoms with Gasteiger partial charge in [-0.1, -0.05) is 6.92 Å². The van der Waals surface area contributed by atoms with Gasteiger partial charge in [-0.2, -0.15) is 13.2 Å². The van der Waals surface area contributed by atoms with Crippen LogP contribution in [-0.2, 0) is 34.0 Å². The number of sulfonamides is 1. The van der Waals surface area contributed by atoms with Crippen LogP contribution in [0.15, 0.2) is 41.3 Å². The molecule has 1 saturated heterocycles. The zero-order valence-corrected chi connectivity index (χ0v) is 20.4. The predicted molar refractivity (Wildman–Crippen MR) is 125 cm³/mol. The van der Waals surface area contributed by atoms with E-state index in [1.54, 1.807) is 0 Å². The number of hydrogen-bond acceptors (Lipinski definition) is 5. The van der Waals surface area contributed by atoms with Crippen molar-refractivity contribution in [3.63, 3.8) is 0 Å². The molecule has 2 aromatic carbocycles. The number of nitrogens with zero attached hydrogens (tertiary/aromatic N) is 1. The number of fused-ring (bicyclic) bond motifs is 1. The second-order valence-electron chi connectivity index (χ2n) is 9.04. The Labute approximate surface area is 203 Å². The number of hydrogen-bond donors (Lipinski definition) is 1. The van der Waals surface area contributed by atoms with Crippen molar-refractivity contribution in [3.8, 4) is 5.75 Å². The second-order valence-corrected chi connectivity index (χ2v) is 10.9. The number of benzene rings is 2. The summed E-state index contributed by atoms with van der Waals surface area (Å²) in [4.78, 5) is -0.0360. The van der Waals surface area contributed by atoms with E-state index in [-0.39, 0.29) is 16.6 Å². The van der Waals surface area contributed by atoms with Gasteiger partial charge < -0.3 is 14.6 Å². The largest absolute Gasteiger partial charge is 0.493 e. The summed E-state index contributed by atoms with van der Waals surface area (Å²) < 4.78 is 79.7. The topological polar surface area (TPSA) is 76.1 Å². The number of aliphatic hydroxyl groups is 1. The Balaban J connectivity index is 1.65. The Kier molecular flexibility index (Phi) is 7.63. The van der Waals surface area contributed by atoms with Gasteiger partial charge in [0.15, 0.2) is 0 Å². The first-order valence-electron chi connectivity index (χ1n) is 11.8. The Morgan fingerprint density at radius 2 is 1.86 bits per heavy atom. The van der Waals surface area contributed by atoms with Crippen LogP contribution in [0, 0.1) is 5.92 Å². The first-order chi connectivity index (χ1) is 16.6. The molecule has 0 bridgehead atoms. The summed E-state index contributed by atoms with van der Waals surface area (Å²) in [7, 11) is -4.10. The van der Waals surface area contributed by atoms with Crippen LogP contribution in [0.5, 0.6) is 5.75 Å². The highest BCUT2D eigenvalue weighted by atomic mass is 32.2. The van der Waals surface area contributed by atoms with Crippen LogP contribution in [0.4, 0.5) is 18.9 Å². The average molecular weight is 514 g/mol. The van der Waals surface area contributed by atoms with E-state index < -0.39 is 28.4 Å². The van der Waals surface area contributed by atoms with Crippen LogP contribution in [0.3, 0.4) is 0 Å². The molecule has 6 nitrogen and oxygen atoms in total. The lowest BCUT2D eigenvalue weighted by atomic mass is 9.95. The minimum Gasteiger partial charge on any atom is -0.493 e. The molecule has 0 amide bonds. The fourth-order valence-corrected chi connectivity index (χ4v) is 6.57. The third-order valence-corrected chi connectivity index (χ3v) is 8.63. The van der Waals surface area contributed by atoms with Crippen LogP contribution in [0.2, 0.25) is 0 Å².